The average molecular weight is 182 g/mol. The zero-order chi connectivity index (χ0) is 9.52. The van der Waals surface area contributed by atoms with Crippen LogP contribution in [-0.2, 0) is 14.3 Å². The number of rotatable bonds is 1. The fraction of sp³-hybridized carbons (Fsp3) is 0.700. The lowest BCUT2D eigenvalue weighted by Crippen LogP contribution is -2.14. The lowest BCUT2D eigenvalue weighted by Gasteiger charge is -2.16. The summed E-state index contributed by atoms with van der Waals surface area (Å²) in [7, 11) is 0. The molecule has 1 heterocycles. The van der Waals surface area contributed by atoms with Crippen LogP contribution >= 0.6 is 0 Å². The van der Waals surface area contributed by atoms with E-state index in [2.05, 4.69) is 16.6 Å². The van der Waals surface area contributed by atoms with Crippen molar-refractivity contribution in [3.05, 3.63) is 0 Å². The molecule has 0 spiro atoms. The third kappa shape index (κ3) is 3.95. The Balaban J connectivity index is 2.31. The van der Waals surface area contributed by atoms with Gasteiger partial charge in [-0.25, -0.2) is 4.79 Å². The molecule has 0 atom stereocenters. The minimum absolute atomic E-state index is 0.304. The van der Waals surface area contributed by atoms with Gasteiger partial charge in [-0.1, -0.05) is 5.92 Å². The zero-order valence-electron chi connectivity index (χ0n) is 7.84. The average Bonchev–Trinajstić information content (AvgIpc) is 2.17. The zero-order valence-corrected chi connectivity index (χ0v) is 7.84. The van der Waals surface area contributed by atoms with Crippen molar-refractivity contribution in [1.82, 2.24) is 0 Å². The summed E-state index contributed by atoms with van der Waals surface area (Å²) in [4.78, 5) is 10.9. The van der Waals surface area contributed by atoms with Crippen LogP contribution in [0.4, 0.5) is 0 Å². The van der Waals surface area contributed by atoms with Crippen LogP contribution in [0.25, 0.3) is 0 Å². The van der Waals surface area contributed by atoms with Crippen molar-refractivity contribution in [3.63, 3.8) is 0 Å². The number of ether oxygens (including phenoxy) is 2. The lowest BCUT2D eigenvalue weighted by atomic mass is 10.0. The molecule has 0 saturated carbocycles. The van der Waals surface area contributed by atoms with Gasteiger partial charge in [0.15, 0.2) is 0 Å². The van der Waals surface area contributed by atoms with Crippen LogP contribution in [-0.4, -0.2) is 25.8 Å². The highest BCUT2D eigenvalue weighted by molar-refractivity contribution is 5.88. The van der Waals surface area contributed by atoms with Gasteiger partial charge in [-0.2, -0.15) is 0 Å². The number of hydrogen-bond acceptors (Lipinski definition) is 3. The molecule has 0 bridgehead atoms. The molecule has 1 aliphatic rings. The van der Waals surface area contributed by atoms with Crippen LogP contribution in [0.1, 0.15) is 19.8 Å². The van der Waals surface area contributed by atoms with E-state index < -0.39 is 5.97 Å². The first-order valence-corrected chi connectivity index (χ1v) is 4.59. The van der Waals surface area contributed by atoms with E-state index in [0.29, 0.717) is 12.5 Å². The van der Waals surface area contributed by atoms with Gasteiger partial charge in [-0.05, 0) is 19.8 Å². The summed E-state index contributed by atoms with van der Waals surface area (Å²) in [6, 6.07) is 0. The molecule has 0 unspecified atom stereocenters. The molecule has 1 aliphatic heterocycles. The second kappa shape index (κ2) is 5.60. The largest absolute Gasteiger partial charge is 0.456 e. The molecule has 3 nitrogen and oxygen atoms in total. The summed E-state index contributed by atoms with van der Waals surface area (Å²) in [5, 5.41) is 0. The summed E-state index contributed by atoms with van der Waals surface area (Å²) in [5.41, 5.74) is 0. The van der Waals surface area contributed by atoms with E-state index in [0.717, 1.165) is 26.1 Å². The maximum absolute atomic E-state index is 10.9. The van der Waals surface area contributed by atoms with Gasteiger partial charge in [0.25, 0.3) is 0 Å². The Hall–Kier alpha value is -1.01. The van der Waals surface area contributed by atoms with Gasteiger partial charge in [0.05, 0.1) is 6.61 Å². The highest BCUT2D eigenvalue weighted by atomic mass is 16.5. The second-order valence-corrected chi connectivity index (χ2v) is 2.88. The topological polar surface area (TPSA) is 35.5 Å². The Morgan fingerprint density at radius 3 is 2.85 bits per heavy atom. The van der Waals surface area contributed by atoms with Crippen LogP contribution < -0.4 is 0 Å². The van der Waals surface area contributed by atoms with E-state index in [1.54, 1.807) is 6.92 Å². The van der Waals surface area contributed by atoms with Crippen molar-refractivity contribution in [2.75, 3.05) is 19.8 Å². The van der Waals surface area contributed by atoms with E-state index in [1.807, 2.05) is 0 Å². The van der Waals surface area contributed by atoms with Crippen molar-refractivity contribution < 1.29 is 14.3 Å². The summed E-state index contributed by atoms with van der Waals surface area (Å²) in [5.74, 6) is 5.27. The fourth-order valence-electron chi connectivity index (χ4n) is 1.17. The molecule has 0 amide bonds. The van der Waals surface area contributed by atoms with E-state index >= 15 is 0 Å². The Morgan fingerprint density at radius 2 is 2.23 bits per heavy atom. The Labute approximate surface area is 78.4 Å². The highest BCUT2D eigenvalue weighted by Crippen LogP contribution is 2.12. The summed E-state index contributed by atoms with van der Waals surface area (Å²) >= 11 is 0. The highest BCUT2D eigenvalue weighted by Gasteiger charge is 2.10. The summed E-state index contributed by atoms with van der Waals surface area (Å²) < 4.78 is 9.86. The molecule has 0 aromatic heterocycles. The van der Waals surface area contributed by atoms with Crippen molar-refractivity contribution in [2.24, 2.45) is 5.92 Å². The molecule has 13 heavy (non-hydrogen) atoms. The molecular formula is C10H14O3. The molecule has 0 aromatic carbocycles. The molecule has 0 aromatic rings. The van der Waals surface area contributed by atoms with Crippen LogP contribution in [0, 0.1) is 17.8 Å². The third-order valence-corrected chi connectivity index (χ3v) is 1.88. The summed E-state index contributed by atoms with van der Waals surface area (Å²) in [6.07, 6.45) is 1.85. The van der Waals surface area contributed by atoms with Crippen LogP contribution in [0.5, 0.6) is 0 Å². The van der Waals surface area contributed by atoms with Gasteiger partial charge in [-0.3, -0.25) is 0 Å². The van der Waals surface area contributed by atoms with Gasteiger partial charge in [-0.15, -0.1) is 0 Å². The van der Waals surface area contributed by atoms with Crippen molar-refractivity contribution in [2.45, 2.75) is 19.8 Å². The number of carbonyl (C=O) groups excluding carboxylic acids is 1. The first kappa shape index (κ1) is 10.1. The summed E-state index contributed by atoms with van der Waals surface area (Å²) in [6.45, 7) is 3.67. The molecular weight excluding hydrogens is 168 g/mol. The molecule has 1 fully saturated rings. The maximum Gasteiger partial charge on any atom is 0.384 e. The van der Waals surface area contributed by atoms with Gasteiger partial charge in [0, 0.05) is 25.1 Å². The van der Waals surface area contributed by atoms with Crippen LogP contribution in [0.15, 0.2) is 0 Å². The molecule has 1 rings (SSSR count). The molecule has 3 heteroatoms. The van der Waals surface area contributed by atoms with Crippen LogP contribution in [0.2, 0.25) is 0 Å². The van der Waals surface area contributed by atoms with Crippen molar-refractivity contribution in [3.8, 4) is 11.8 Å². The number of hydrogen-bond donors (Lipinski definition) is 0. The molecule has 0 aliphatic carbocycles. The Morgan fingerprint density at radius 1 is 1.54 bits per heavy atom. The van der Waals surface area contributed by atoms with Crippen molar-refractivity contribution in [1.29, 1.82) is 0 Å². The fourth-order valence-corrected chi connectivity index (χ4v) is 1.17. The van der Waals surface area contributed by atoms with E-state index in [9.17, 15) is 4.79 Å². The quantitative estimate of drug-likeness (QED) is 0.344. The van der Waals surface area contributed by atoms with E-state index in [1.165, 1.54) is 0 Å². The predicted molar refractivity (Wildman–Crippen MR) is 48.0 cm³/mol. The minimum Gasteiger partial charge on any atom is -0.456 e. The minimum atomic E-state index is -0.422. The first-order valence-electron chi connectivity index (χ1n) is 4.59. The SMILES string of the molecule is CCOC(=O)C#CC1CCOCC1. The smallest absolute Gasteiger partial charge is 0.384 e. The Bertz CT molecular complexity index is 218. The molecule has 0 radical (unpaired) electrons. The standard InChI is InChI=1S/C10H14O3/c1-2-13-10(11)4-3-9-5-7-12-8-6-9/h9H,2,5-8H2,1H3. The molecule has 0 N–H and O–H groups in total. The van der Waals surface area contributed by atoms with Crippen molar-refractivity contribution >= 4 is 5.97 Å². The van der Waals surface area contributed by atoms with Crippen LogP contribution in [0.3, 0.4) is 0 Å². The van der Waals surface area contributed by atoms with Gasteiger partial charge in [0.1, 0.15) is 0 Å². The van der Waals surface area contributed by atoms with E-state index in [-0.39, 0.29) is 0 Å². The number of carbonyl (C=O) groups is 1. The third-order valence-electron chi connectivity index (χ3n) is 1.88. The van der Waals surface area contributed by atoms with Gasteiger partial charge >= 0.3 is 5.97 Å². The molecule has 1 saturated heterocycles. The van der Waals surface area contributed by atoms with Gasteiger partial charge in [0.2, 0.25) is 0 Å². The Kier molecular flexibility index (Phi) is 4.34. The normalized spacial score (nSPS) is 17.3. The second-order valence-electron chi connectivity index (χ2n) is 2.88. The molecule has 72 valence electrons. The lowest BCUT2D eigenvalue weighted by molar-refractivity contribution is -0.136. The predicted octanol–water partition coefficient (Wildman–Crippen LogP) is 0.980. The van der Waals surface area contributed by atoms with E-state index in [4.69, 9.17) is 4.74 Å². The first-order chi connectivity index (χ1) is 6.33. The van der Waals surface area contributed by atoms with Gasteiger partial charge < -0.3 is 9.47 Å². The monoisotopic (exact) mass is 182 g/mol. The maximum atomic E-state index is 10.9. The number of esters is 1.